The Morgan fingerprint density at radius 2 is 2.29 bits per heavy atom. The van der Waals surface area contributed by atoms with E-state index in [-0.39, 0.29) is 11.8 Å². The number of aliphatic hydroxyl groups is 1. The molecule has 0 aliphatic rings. The maximum absolute atomic E-state index is 8.56. The van der Waals surface area contributed by atoms with Gasteiger partial charge in [-0.3, -0.25) is 0 Å². The van der Waals surface area contributed by atoms with Crippen LogP contribution >= 0.6 is 0 Å². The number of rotatable bonds is 2. The van der Waals surface area contributed by atoms with Crippen LogP contribution in [0.15, 0.2) is 12.3 Å². The number of nitrogens with one attached hydrogen (secondary N) is 1. The van der Waals surface area contributed by atoms with E-state index in [1.807, 2.05) is 6.92 Å². The molecule has 0 aromatic rings. The van der Waals surface area contributed by atoms with E-state index in [4.69, 9.17) is 5.11 Å². The molecule has 0 bridgehead atoms. The van der Waals surface area contributed by atoms with Crippen LogP contribution in [0.3, 0.4) is 0 Å². The Morgan fingerprint density at radius 3 is 2.29 bits per heavy atom. The van der Waals surface area contributed by atoms with Crippen molar-refractivity contribution < 1.29 is 5.11 Å². The molecule has 0 radical (unpaired) electrons. The second-order valence-electron chi connectivity index (χ2n) is 1.50. The Morgan fingerprint density at radius 1 is 1.86 bits per heavy atom. The van der Waals surface area contributed by atoms with Crippen molar-refractivity contribution in [3.63, 3.8) is 0 Å². The first-order valence-electron chi connectivity index (χ1n) is 2.23. The van der Waals surface area contributed by atoms with Crippen molar-refractivity contribution in [1.29, 1.82) is 0 Å². The van der Waals surface area contributed by atoms with E-state index in [1.165, 1.54) is 0 Å². The molecule has 0 aliphatic heterocycles. The highest BCUT2D eigenvalue weighted by molar-refractivity contribution is 4.89. The first-order valence-corrected chi connectivity index (χ1v) is 2.23. The molecule has 7 heavy (non-hydrogen) atoms. The topological polar surface area (TPSA) is 32.3 Å². The van der Waals surface area contributed by atoms with Crippen LogP contribution in [0, 0.1) is 0 Å². The third-order valence-corrected chi connectivity index (χ3v) is 0.933. The summed E-state index contributed by atoms with van der Waals surface area (Å²) in [6.07, 6.45) is 0. The number of aliphatic hydroxyl groups excluding tert-OH is 1. The van der Waals surface area contributed by atoms with Crippen molar-refractivity contribution in [3.05, 3.63) is 12.3 Å². The fraction of sp³-hybridized carbons (Fsp3) is 0.600. The van der Waals surface area contributed by atoms with Crippen molar-refractivity contribution in [3.8, 4) is 0 Å². The van der Waals surface area contributed by atoms with Gasteiger partial charge in [0.25, 0.3) is 0 Å². The smallest absolute Gasteiger partial charge is 0.102 e. The van der Waals surface area contributed by atoms with Gasteiger partial charge in [-0.25, -0.2) is 0 Å². The van der Waals surface area contributed by atoms with Gasteiger partial charge in [-0.1, -0.05) is 6.58 Å². The van der Waals surface area contributed by atoms with Gasteiger partial charge in [0.1, 0.15) is 5.76 Å². The fourth-order valence-electron chi connectivity index (χ4n) is 0.167. The fourth-order valence-corrected chi connectivity index (χ4v) is 0.167. The van der Waals surface area contributed by atoms with Crippen LogP contribution in [-0.4, -0.2) is 18.2 Å². The molecule has 0 aromatic heterocycles. The molecule has 0 fully saturated rings. The minimum Gasteiger partial charge on any atom is -0.511 e. The second-order valence-corrected chi connectivity index (χ2v) is 1.50. The molecular formula is C5H11NO. The Bertz CT molecular complexity index is 70.5. The standard InChI is InChI=1S/C5H11NO/c1-4(6-3)5(2)7/h4,6-7H,2H2,1,3H3. The number of hydrogen-bond acceptors (Lipinski definition) is 2. The predicted octanol–water partition coefficient (Wildman–Crippen LogP) is 0.666. The zero-order valence-electron chi connectivity index (χ0n) is 4.73. The van der Waals surface area contributed by atoms with Crippen LogP contribution < -0.4 is 5.32 Å². The van der Waals surface area contributed by atoms with E-state index >= 15 is 0 Å². The summed E-state index contributed by atoms with van der Waals surface area (Å²) in [5.41, 5.74) is 0. The summed E-state index contributed by atoms with van der Waals surface area (Å²) in [5.74, 6) is 0.183. The molecule has 0 saturated carbocycles. The molecule has 2 N–H and O–H groups in total. The van der Waals surface area contributed by atoms with E-state index in [2.05, 4.69) is 11.9 Å². The highest BCUT2D eigenvalue weighted by Crippen LogP contribution is 1.88. The molecule has 0 rings (SSSR count). The summed E-state index contributed by atoms with van der Waals surface area (Å²) in [6.45, 7) is 5.15. The Balaban J connectivity index is 3.34. The average Bonchev–Trinajstić information content (AvgIpc) is 1.65. The van der Waals surface area contributed by atoms with E-state index in [0.717, 1.165) is 0 Å². The van der Waals surface area contributed by atoms with Gasteiger partial charge >= 0.3 is 0 Å². The van der Waals surface area contributed by atoms with Crippen LogP contribution in [0.25, 0.3) is 0 Å². The summed E-state index contributed by atoms with van der Waals surface area (Å²) in [4.78, 5) is 0. The Labute approximate surface area is 43.9 Å². The van der Waals surface area contributed by atoms with Gasteiger partial charge < -0.3 is 10.4 Å². The van der Waals surface area contributed by atoms with Crippen LogP contribution in [0.1, 0.15) is 6.92 Å². The molecule has 42 valence electrons. The maximum Gasteiger partial charge on any atom is 0.102 e. The first kappa shape index (κ1) is 6.50. The van der Waals surface area contributed by atoms with Crippen molar-refractivity contribution in [2.75, 3.05) is 7.05 Å². The van der Waals surface area contributed by atoms with Gasteiger partial charge in [-0.15, -0.1) is 0 Å². The molecule has 0 amide bonds. The third-order valence-electron chi connectivity index (χ3n) is 0.933. The van der Waals surface area contributed by atoms with Crippen LogP contribution in [0.5, 0.6) is 0 Å². The normalized spacial score (nSPS) is 13.4. The largest absolute Gasteiger partial charge is 0.511 e. The zero-order valence-corrected chi connectivity index (χ0v) is 4.73. The van der Waals surface area contributed by atoms with Gasteiger partial charge in [0.15, 0.2) is 0 Å². The molecule has 0 aliphatic carbocycles. The molecule has 0 saturated heterocycles. The summed E-state index contributed by atoms with van der Waals surface area (Å²) >= 11 is 0. The Hall–Kier alpha value is -0.500. The summed E-state index contributed by atoms with van der Waals surface area (Å²) in [7, 11) is 1.77. The first-order chi connectivity index (χ1) is 3.18. The molecule has 2 nitrogen and oxygen atoms in total. The van der Waals surface area contributed by atoms with Gasteiger partial charge in [0.05, 0.1) is 6.04 Å². The second kappa shape index (κ2) is 2.64. The lowest BCUT2D eigenvalue weighted by Crippen LogP contribution is -2.22. The summed E-state index contributed by atoms with van der Waals surface area (Å²) in [5, 5.41) is 11.4. The van der Waals surface area contributed by atoms with Crippen molar-refractivity contribution in [1.82, 2.24) is 5.32 Å². The molecule has 2 heteroatoms. The SMILES string of the molecule is C=C(O)C(C)NC. The molecular weight excluding hydrogens is 90.1 g/mol. The summed E-state index contributed by atoms with van der Waals surface area (Å²) in [6, 6.07) is 0.0139. The van der Waals surface area contributed by atoms with E-state index in [1.54, 1.807) is 7.05 Å². The van der Waals surface area contributed by atoms with Crippen molar-refractivity contribution in [2.24, 2.45) is 0 Å². The van der Waals surface area contributed by atoms with Crippen molar-refractivity contribution in [2.45, 2.75) is 13.0 Å². The zero-order chi connectivity index (χ0) is 5.86. The molecule has 1 unspecified atom stereocenters. The monoisotopic (exact) mass is 101 g/mol. The van der Waals surface area contributed by atoms with Gasteiger partial charge in [0.2, 0.25) is 0 Å². The molecule has 1 atom stereocenters. The van der Waals surface area contributed by atoms with E-state index in [0.29, 0.717) is 0 Å². The van der Waals surface area contributed by atoms with Crippen LogP contribution in [0.4, 0.5) is 0 Å². The van der Waals surface area contributed by atoms with Crippen molar-refractivity contribution >= 4 is 0 Å². The van der Waals surface area contributed by atoms with Gasteiger partial charge in [-0.05, 0) is 14.0 Å². The minimum absolute atomic E-state index is 0.0139. The molecule has 0 spiro atoms. The lowest BCUT2D eigenvalue weighted by Gasteiger charge is -2.05. The lowest BCUT2D eigenvalue weighted by molar-refractivity contribution is 0.360. The minimum atomic E-state index is 0.0139. The quantitative estimate of drug-likeness (QED) is 0.501. The van der Waals surface area contributed by atoms with Crippen LogP contribution in [0.2, 0.25) is 0 Å². The highest BCUT2D eigenvalue weighted by atomic mass is 16.3. The number of hydrogen-bond donors (Lipinski definition) is 2. The van der Waals surface area contributed by atoms with Gasteiger partial charge in [0, 0.05) is 0 Å². The summed E-state index contributed by atoms with van der Waals surface area (Å²) < 4.78 is 0. The van der Waals surface area contributed by atoms with Gasteiger partial charge in [-0.2, -0.15) is 0 Å². The Kier molecular flexibility index (Phi) is 2.45. The third kappa shape index (κ3) is 2.23. The number of likely N-dealkylation sites (N-methyl/N-ethyl adjacent to an activating group) is 1. The molecule has 0 aromatic carbocycles. The molecule has 0 heterocycles. The average molecular weight is 101 g/mol. The lowest BCUT2D eigenvalue weighted by atomic mass is 10.3. The predicted molar refractivity (Wildman–Crippen MR) is 30.3 cm³/mol. The highest BCUT2D eigenvalue weighted by Gasteiger charge is 1.96. The maximum atomic E-state index is 8.56. The van der Waals surface area contributed by atoms with E-state index in [9.17, 15) is 0 Å². The van der Waals surface area contributed by atoms with Crippen LogP contribution in [-0.2, 0) is 0 Å². The van der Waals surface area contributed by atoms with E-state index < -0.39 is 0 Å².